The first kappa shape index (κ1) is 20.0. The molecule has 3 rings (SSSR count). The Bertz CT molecular complexity index is 629. The van der Waals surface area contributed by atoms with Crippen LogP contribution in [0.1, 0.15) is 49.8 Å². The average molecular weight is 376 g/mol. The molecule has 6 nitrogen and oxygen atoms in total. The monoisotopic (exact) mass is 375 g/mol. The van der Waals surface area contributed by atoms with E-state index in [1.54, 1.807) is 0 Å². The zero-order valence-corrected chi connectivity index (χ0v) is 16.4. The van der Waals surface area contributed by atoms with E-state index >= 15 is 0 Å². The molecule has 1 unspecified atom stereocenters. The number of aliphatic hydroxyl groups excluding tert-OH is 1. The topological polar surface area (TPSA) is 67.2 Å². The normalized spacial score (nSPS) is 20.4. The third kappa shape index (κ3) is 4.74. The molecule has 2 N–H and O–H groups in total. The third-order valence-corrected chi connectivity index (χ3v) is 5.87. The molecular weight excluding hydrogens is 342 g/mol. The second-order valence-electron chi connectivity index (χ2n) is 7.67. The molecule has 1 amide bonds. The van der Waals surface area contributed by atoms with Crippen molar-refractivity contribution in [2.45, 2.75) is 45.1 Å². The van der Waals surface area contributed by atoms with E-state index in [1.807, 2.05) is 0 Å². The van der Waals surface area contributed by atoms with Gasteiger partial charge in [0.05, 0.1) is 6.04 Å². The Hall–Kier alpha value is -1.79. The Labute approximate surface area is 162 Å². The highest BCUT2D eigenvalue weighted by Gasteiger charge is 2.29. The summed E-state index contributed by atoms with van der Waals surface area (Å²) in [5.74, 6) is 0. The van der Waals surface area contributed by atoms with Crippen molar-refractivity contribution in [2.24, 2.45) is 0 Å². The van der Waals surface area contributed by atoms with Gasteiger partial charge < -0.3 is 20.0 Å². The average Bonchev–Trinajstić information content (AvgIpc) is 2.68. The lowest BCUT2D eigenvalue weighted by molar-refractivity contribution is 0.113. The van der Waals surface area contributed by atoms with Gasteiger partial charge in [0.15, 0.2) is 0 Å². The minimum atomic E-state index is -0.889. The quantitative estimate of drug-likeness (QED) is 0.767. The van der Waals surface area contributed by atoms with Gasteiger partial charge in [0, 0.05) is 45.0 Å². The van der Waals surface area contributed by atoms with Gasteiger partial charge in [0.2, 0.25) is 0 Å². The highest BCUT2D eigenvalue weighted by molar-refractivity contribution is 5.66. The van der Waals surface area contributed by atoms with Crippen molar-refractivity contribution in [1.82, 2.24) is 9.80 Å². The lowest BCUT2D eigenvalue weighted by Crippen LogP contribution is -2.46. The number of anilines is 1. The van der Waals surface area contributed by atoms with Crippen LogP contribution in [-0.2, 0) is 6.42 Å². The summed E-state index contributed by atoms with van der Waals surface area (Å²) in [6.07, 6.45) is 3.68. The number of benzene rings is 1. The van der Waals surface area contributed by atoms with Crippen LogP contribution in [0.5, 0.6) is 0 Å². The summed E-state index contributed by atoms with van der Waals surface area (Å²) in [6, 6.07) is 6.53. The lowest BCUT2D eigenvalue weighted by atomic mass is 9.86. The van der Waals surface area contributed by atoms with Crippen LogP contribution in [0.4, 0.5) is 10.5 Å². The van der Waals surface area contributed by atoms with Crippen molar-refractivity contribution in [3.05, 3.63) is 29.3 Å². The van der Waals surface area contributed by atoms with Crippen molar-refractivity contribution in [3.63, 3.8) is 0 Å². The molecule has 1 aliphatic carbocycles. The molecule has 1 aromatic rings. The largest absolute Gasteiger partial charge is 0.465 e. The Kier molecular flexibility index (Phi) is 6.96. The Morgan fingerprint density at radius 2 is 2.04 bits per heavy atom. The molecule has 1 atom stereocenters. The van der Waals surface area contributed by atoms with E-state index in [0.717, 1.165) is 51.0 Å². The molecule has 2 aliphatic rings. The molecule has 1 fully saturated rings. The van der Waals surface area contributed by atoms with Gasteiger partial charge in [0.25, 0.3) is 0 Å². The number of carbonyl (C=O) groups is 1. The number of rotatable bonds is 7. The van der Waals surface area contributed by atoms with E-state index in [1.165, 1.54) is 29.1 Å². The second kappa shape index (κ2) is 9.42. The Balaban J connectivity index is 1.78. The number of hydrogen-bond donors (Lipinski definition) is 2. The van der Waals surface area contributed by atoms with Gasteiger partial charge in [-0.2, -0.15) is 0 Å². The minimum Gasteiger partial charge on any atom is -0.465 e. The molecule has 0 aromatic heterocycles. The van der Waals surface area contributed by atoms with Crippen LogP contribution in [-0.4, -0.2) is 72.0 Å². The summed E-state index contributed by atoms with van der Waals surface area (Å²) >= 11 is 0. The Morgan fingerprint density at radius 1 is 1.26 bits per heavy atom. The van der Waals surface area contributed by atoms with Crippen molar-refractivity contribution >= 4 is 11.8 Å². The van der Waals surface area contributed by atoms with E-state index < -0.39 is 6.09 Å². The molecule has 0 radical (unpaired) electrons. The molecule has 0 spiro atoms. The maximum absolute atomic E-state index is 11.8. The van der Waals surface area contributed by atoms with Crippen molar-refractivity contribution in [1.29, 1.82) is 0 Å². The number of nitrogens with zero attached hydrogens (tertiary/aromatic N) is 3. The molecule has 1 heterocycles. The minimum absolute atomic E-state index is 0.0193. The number of fused-ring (bicyclic) bond motifs is 1. The van der Waals surface area contributed by atoms with E-state index in [4.69, 9.17) is 5.11 Å². The lowest BCUT2D eigenvalue weighted by Gasteiger charge is -2.38. The summed E-state index contributed by atoms with van der Waals surface area (Å²) in [5.41, 5.74) is 3.65. The SMILES string of the molecule is CCCN1CCN(c2ccc3c(c2)C(N(CCCO)C(=O)O)CCC3)CC1. The Morgan fingerprint density at radius 3 is 2.70 bits per heavy atom. The predicted octanol–water partition coefficient (Wildman–Crippen LogP) is 2.96. The third-order valence-electron chi connectivity index (χ3n) is 5.87. The van der Waals surface area contributed by atoms with Crippen LogP contribution < -0.4 is 4.90 Å². The van der Waals surface area contributed by atoms with Crippen molar-refractivity contribution in [3.8, 4) is 0 Å². The number of aliphatic hydroxyl groups is 1. The van der Waals surface area contributed by atoms with Gasteiger partial charge in [0.1, 0.15) is 0 Å². The standard InChI is InChI=1S/C21H33N3O3/c1-2-9-22-11-13-23(14-12-22)18-8-7-17-5-3-6-20(19(17)16-18)24(21(26)27)10-4-15-25/h7-8,16,20,25H,2-6,9-15H2,1H3,(H,26,27). The zero-order valence-electron chi connectivity index (χ0n) is 16.4. The van der Waals surface area contributed by atoms with Crippen LogP contribution in [0.25, 0.3) is 0 Å². The highest BCUT2D eigenvalue weighted by Crippen LogP contribution is 2.37. The summed E-state index contributed by atoms with van der Waals surface area (Å²) < 4.78 is 0. The first-order valence-corrected chi connectivity index (χ1v) is 10.3. The number of aryl methyl sites for hydroxylation is 1. The van der Waals surface area contributed by atoms with Gasteiger partial charge in [-0.15, -0.1) is 0 Å². The van der Waals surface area contributed by atoms with Crippen LogP contribution in [0.2, 0.25) is 0 Å². The van der Waals surface area contributed by atoms with Gasteiger partial charge in [-0.3, -0.25) is 4.90 Å². The fraction of sp³-hybridized carbons (Fsp3) is 0.667. The van der Waals surface area contributed by atoms with E-state index in [-0.39, 0.29) is 12.6 Å². The van der Waals surface area contributed by atoms with Crippen molar-refractivity contribution < 1.29 is 15.0 Å². The van der Waals surface area contributed by atoms with Crippen molar-refractivity contribution in [2.75, 3.05) is 50.8 Å². The van der Waals surface area contributed by atoms with Crippen LogP contribution in [0.3, 0.4) is 0 Å². The molecule has 6 heteroatoms. The molecule has 0 saturated carbocycles. The van der Waals surface area contributed by atoms with E-state index in [2.05, 4.69) is 34.9 Å². The molecule has 1 aromatic carbocycles. The molecule has 0 bridgehead atoms. The second-order valence-corrected chi connectivity index (χ2v) is 7.67. The predicted molar refractivity (Wildman–Crippen MR) is 107 cm³/mol. The summed E-state index contributed by atoms with van der Waals surface area (Å²) in [6.45, 7) is 8.02. The maximum atomic E-state index is 11.8. The number of piperazine rings is 1. The van der Waals surface area contributed by atoms with Gasteiger partial charge in [-0.1, -0.05) is 13.0 Å². The summed E-state index contributed by atoms with van der Waals surface area (Å²) in [7, 11) is 0. The number of amides is 1. The van der Waals surface area contributed by atoms with Gasteiger partial charge in [-0.25, -0.2) is 4.79 Å². The smallest absolute Gasteiger partial charge is 0.407 e. The molecule has 1 saturated heterocycles. The van der Waals surface area contributed by atoms with Gasteiger partial charge >= 0.3 is 6.09 Å². The number of carboxylic acid groups (broad SMARTS) is 1. The highest BCUT2D eigenvalue weighted by atomic mass is 16.4. The first-order chi connectivity index (χ1) is 13.1. The maximum Gasteiger partial charge on any atom is 0.407 e. The fourth-order valence-corrected chi connectivity index (χ4v) is 4.45. The number of hydrogen-bond acceptors (Lipinski definition) is 4. The molecular formula is C21H33N3O3. The van der Waals surface area contributed by atoms with Gasteiger partial charge in [-0.05, 0) is 61.9 Å². The first-order valence-electron chi connectivity index (χ1n) is 10.3. The molecule has 1 aliphatic heterocycles. The summed E-state index contributed by atoms with van der Waals surface area (Å²) in [4.78, 5) is 18.3. The van der Waals surface area contributed by atoms with E-state index in [9.17, 15) is 9.90 Å². The van der Waals surface area contributed by atoms with Crippen LogP contribution in [0.15, 0.2) is 18.2 Å². The molecule has 150 valence electrons. The van der Waals surface area contributed by atoms with Crippen LogP contribution >= 0.6 is 0 Å². The van der Waals surface area contributed by atoms with E-state index in [0.29, 0.717) is 13.0 Å². The summed E-state index contributed by atoms with van der Waals surface area (Å²) in [5, 5.41) is 18.8. The van der Waals surface area contributed by atoms with Crippen LogP contribution in [0, 0.1) is 0 Å². The zero-order chi connectivity index (χ0) is 19.2. The molecule has 27 heavy (non-hydrogen) atoms. The fourth-order valence-electron chi connectivity index (χ4n) is 4.45.